The van der Waals surface area contributed by atoms with E-state index in [1.165, 1.54) is 54.6 Å². The highest BCUT2D eigenvalue weighted by Gasteiger charge is 2.18. The van der Waals surface area contributed by atoms with Gasteiger partial charge in [0.2, 0.25) is 0 Å². The van der Waals surface area contributed by atoms with E-state index in [-0.39, 0.29) is 0 Å². The van der Waals surface area contributed by atoms with E-state index < -0.39 is 0 Å². The third-order valence-electron chi connectivity index (χ3n) is 11.2. The van der Waals surface area contributed by atoms with Gasteiger partial charge in [-0.1, -0.05) is 152 Å². The van der Waals surface area contributed by atoms with Crippen LogP contribution in [0.2, 0.25) is 0 Å². The van der Waals surface area contributed by atoms with Crippen LogP contribution in [0.25, 0.3) is 87.6 Å². The minimum Gasteiger partial charge on any atom is -0.456 e. The van der Waals surface area contributed by atoms with Gasteiger partial charge in [0, 0.05) is 27.8 Å². The monoisotopic (exact) mass is 713 g/mol. The van der Waals surface area contributed by atoms with E-state index in [0.29, 0.717) is 0 Å². The smallest absolute Gasteiger partial charge is 0.135 e. The van der Waals surface area contributed by atoms with Crippen molar-refractivity contribution in [3.8, 4) is 33.4 Å². The Morgan fingerprint density at radius 1 is 0.232 bits per heavy atom. The fourth-order valence-electron chi connectivity index (χ4n) is 8.53. The van der Waals surface area contributed by atoms with Crippen LogP contribution in [-0.2, 0) is 0 Å². The Kier molecular flexibility index (Phi) is 7.53. The van der Waals surface area contributed by atoms with Crippen molar-refractivity contribution < 1.29 is 4.42 Å². The molecule has 0 fully saturated rings. The molecule has 0 aliphatic heterocycles. The highest BCUT2D eigenvalue weighted by atomic mass is 16.3. The molecular weight excluding hydrogens is 679 g/mol. The third-order valence-corrected chi connectivity index (χ3v) is 11.2. The molecule has 0 bridgehead atoms. The van der Waals surface area contributed by atoms with Gasteiger partial charge in [-0.3, -0.25) is 0 Å². The van der Waals surface area contributed by atoms with Crippen molar-refractivity contribution in [1.82, 2.24) is 0 Å². The highest BCUT2D eigenvalue weighted by Crippen LogP contribution is 2.44. The molecule has 2 nitrogen and oxygen atoms in total. The van der Waals surface area contributed by atoms with Gasteiger partial charge in [0.25, 0.3) is 0 Å². The Morgan fingerprint density at radius 3 is 1.32 bits per heavy atom. The molecule has 2 heteroatoms. The van der Waals surface area contributed by atoms with E-state index in [2.05, 4.69) is 205 Å². The number of furan rings is 1. The average molecular weight is 714 g/mol. The maximum Gasteiger partial charge on any atom is 0.135 e. The molecule has 0 aliphatic carbocycles. The Labute approximate surface area is 325 Å². The lowest BCUT2D eigenvalue weighted by molar-refractivity contribution is 0.669. The molecule has 0 saturated heterocycles. The third kappa shape index (κ3) is 5.42. The van der Waals surface area contributed by atoms with Crippen LogP contribution in [0.4, 0.5) is 17.1 Å². The van der Waals surface area contributed by atoms with E-state index in [4.69, 9.17) is 4.42 Å². The zero-order valence-corrected chi connectivity index (χ0v) is 30.6. The topological polar surface area (TPSA) is 16.4 Å². The first-order chi connectivity index (χ1) is 27.7. The normalized spacial score (nSPS) is 11.6. The van der Waals surface area contributed by atoms with Crippen molar-refractivity contribution in [1.29, 1.82) is 0 Å². The van der Waals surface area contributed by atoms with Crippen molar-refractivity contribution in [2.75, 3.05) is 4.90 Å². The molecular formula is C54H35NO. The van der Waals surface area contributed by atoms with Crippen LogP contribution in [-0.4, -0.2) is 0 Å². The summed E-state index contributed by atoms with van der Waals surface area (Å²) in [4.78, 5) is 2.42. The Morgan fingerprint density at radius 2 is 0.696 bits per heavy atom. The van der Waals surface area contributed by atoms with Gasteiger partial charge in [0.15, 0.2) is 0 Å². The van der Waals surface area contributed by atoms with E-state index in [1.807, 2.05) is 12.1 Å². The molecule has 56 heavy (non-hydrogen) atoms. The van der Waals surface area contributed by atoms with Gasteiger partial charge in [-0.15, -0.1) is 0 Å². The molecule has 1 aromatic heterocycles. The van der Waals surface area contributed by atoms with Crippen LogP contribution in [0, 0.1) is 0 Å². The largest absolute Gasteiger partial charge is 0.456 e. The summed E-state index contributed by atoms with van der Waals surface area (Å²) in [5, 5.41) is 9.82. The summed E-state index contributed by atoms with van der Waals surface area (Å²) in [6, 6.07) is 76.7. The predicted octanol–water partition coefficient (Wildman–Crippen LogP) is 15.5. The lowest BCUT2D eigenvalue weighted by Crippen LogP contribution is -2.10. The van der Waals surface area contributed by atoms with Gasteiger partial charge in [0.05, 0.1) is 0 Å². The van der Waals surface area contributed by atoms with Gasteiger partial charge in [-0.05, 0) is 126 Å². The molecule has 0 aliphatic rings. The number of nitrogens with zero attached hydrogens (tertiary/aromatic N) is 1. The second-order valence-electron chi connectivity index (χ2n) is 14.5. The van der Waals surface area contributed by atoms with Crippen molar-refractivity contribution in [2.24, 2.45) is 0 Å². The second kappa shape index (κ2) is 13.2. The van der Waals surface area contributed by atoms with Crippen LogP contribution in [0.3, 0.4) is 0 Å². The molecule has 0 unspecified atom stereocenters. The van der Waals surface area contributed by atoms with Crippen LogP contribution in [0.5, 0.6) is 0 Å². The Hall–Kier alpha value is -7.42. The fraction of sp³-hybridized carbons (Fsp3) is 0. The minimum absolute atomic E-state index is 0.905. The van der Waals surface area contributed by atoms with E-state index in [9.17, 15) is 0 Å². The lowest BCUT2D eigenvalue weighted by Gasteiger charge is -2.28. The summed E-state index contributed by atoms with van der Waals surface area (Å²) < 4.78 is 6.15. The standard InChI is InChI=1S/C54H35NO/c1-3-13-36(14-4-1)40-31-41(37-15-5-2-6-16-37)33-44(32-40)55(43-28-29-49-47-19-8-7-17-45(47)46-18-9-10-20-48(46)51(49)35-43)42-26-23-38(24-27-42)39-25-30-54-52(34-39)50-21-11-12-22-53(50)56-54/h1-35H. The summed E-state index contributed by atoms with van der Waals surface area (Å²) in [5.41, 5.74) is 12.1. The number of rotatable bonds is 6. The van der Waals surface area contributed by atoms with Crippen LogP contribution < -0.4 is 4.90 Å². The molecule has 1 heterocycles. The summed E-state index contributed by atoms with van der Waals surface area (Å²) >= 11 is 0. The zero-order chi connectivity index (χ0) is 37.0. The minimum atomic E-state index is 0.905. The number of anilines is 3. The first-order valence-corrected chi connectivity index (χ1v) is 19.2. The number of benzene rings is 10. The molecule has 10 aromatic carbocycles. The molecule has 11 rings (SSSR count). The zero-order valence-electron chi connectivity index (χ0n) is 30.6. The lowest BCUT2D eigenvalue weighted by atomic mass is 9.93. The van der Waals surface area contributed by atoms with Gasteiger partial charge in [-0.2, -0.15) is 0 Å². The number of hydrogen-bond acceptors (Lipinski definition) is 2. The van der Waals surface area contributed by atoms with Crippen LogP contribution in [0.1, 0.15) is 0 Å². The second-order valence-corrected chi connectivity index (χ2v) is 14.5. The summed E-state index contributed by atoms with van der Waals surface area (Å²) in [6.07, 6.45) is 0. The number of hydrogen-bond donors (Lipinski definition) is 0. The predicted molar refractivity (Wildman–Crippen MR) is 237 cm³/mol. The molecule has 262 valence electrons. The Balaban J connectivity index is 1.13. The van der Waals surface area contributed by atoms with Crippen LogP contribution in [0.15, 0.2) is 217 Å². The van der Waals surface area contributed by atoms with Gasteiger partial charge < -0.3 is 9.32 Å². The van der Waals surface area contributed by atoms with Crippen molar-refractivity contribution in [3.05, 3.63) is 212 Å². The summed E-state index contributed by atoms with van der Waals surface area (Å²) in [7, 11) is 0. The maximum atomic E-state index is 6.15. The highest BCUT2D eigenvalue weighted by molar-refractivity contribution is 6.25. The van der Waals surface area contributed by atoms with Gasteiger partial charge >= 0.3 is 0 Å². The van der Waals surface area contributed by atoms with Crippen molar-refractivity contribution in [2.45, 2.75) is 0 Å². The van der Waals surface area contributed by atoms with E-state index in [0.717, 1.165) is 50.1 Å². The molecule has 0 N–H and O–H groups in total. The first-order valence-electron chi connectivity index (χ1n) is 19.2. The molecule has 0 radical (unpaired) electrons. The summed E-state index contributed by atoms with van der Waals surface area (Å²) in [6.45, 7) is 0. The SMILES string of the molecule is c1ccc(-c2cc(-c3ccccc3)cc(N(c3ccc(-c4ccc5oc6ccccc6c5c4)cc3)c3ccc4c5ccccc5c5ccccc5c4c3)c2)cc1. The molecule has 0 spiro atoms. The van der Waals surface area contributed by atoms with E-state index in [1.54, 1.807) is 0 Å². The fourth-order valence-corrected chi connectivity index (χ4v) is 8.53. The molecule has 0 saturated carbocycles. The first kappa shape index (κ1) is 32.0. The number of para-hydroxylation sites is 1. The summed E-state index contributed by atoms with van der Waals surface area (Å²) in [5.74, 6) is 0. The Bertz CT molecular complexity index is 3140. The maximum absolute atomic E-state index is 6.15. The average Bonchev–Trinajstić information content (AvgIpc) is 3.65. The molecule has 0 atom stereocenters. The van der Waals surface area contributed by atoms with Crippen molar-refractivity contribution in [3.63, 3.8) is 0 Å². The number of fused-ring (bicyclic) bond motifs is 9. The molecule has 0 amide bonds. The molecule has 11 aromatic rings. The van der Waals surface area contributed by atoms with Crippen molar-refractivity contribution >= 4 is 71.3 Å². The van der Waals surface area contributed by atoms with Gasteiger partial charge in [-0.25, -0.2) is 0 Å². The quantitative estimate of drug-likeness (QED) is 0.160. The van der Waals surface area contributed by atoms with Crippen LogP contribution >= 0.6 is 0 Å². The van der Waals surface area contributed by atoms with Gasteiger partial charge in [0.1, 0.15) is 11.2 Å². The van der Waals surface area contributed by atoms with E-state index >= 15 is 0 Å².